The molecule has 1 aliphatic heterocycles. The number of carbonyl (C=O) groups excluding carboxylic acids is 1. The van der Waals surface area contributed by atoms with Gasteiger partial charge in [0.15, 0.2) is 5.13 Å². The molecule has 1 amide bonds. The Morgan fingerprint density at radius 2 is 2.04 bits per heavy atom. The highest BCUT2D eigenvalue weighted by Gasteiger charge is 2.22. The zero-order valence-electron chi connectivity index (χ0n) is 13.7. The second kappa shape index (κ2) is 11.2. The van der Waals surface area contributed by atoms with Crippen LogP contribution in [-0.2, 0) is 16.1 Å². The maximum Gasteiger partial charge on any atom is 0.227 e. The molecular weight excluding hydrogens is 359 g/mol. The third kappa shape index (κ3) is 7.78. The average molecular weight is 385 g/mol. The number of ether oxygens (including phenoxy) is 1. The minimum atomic E-state index is -0.00105. The predicted molar refractivity (Wildman–Crippen MR) is 99.1 cm³/mol. The van der Waals surface area contributed by atoms with E-state index in [-0.39, 0.29) is 42.9 Å². The molecule has 0 aromatic carbocycles. The fraction of sp³-hybridized carbons (Fsp3) is 0.714. The highest BCUT2D eigenvalue weighted by molar-refractivity contribution is 7.13. The van der Waals surface area contributed by atoms with Crippen LogP contribution in [0, 0.1) is 0 Å². The van der Waals surface area contributed by atoms with Gasteiger partial charge >= 0.3 is 0 Å². The summed E-state index contributed by atoms with van der Waals surface area (Å²) in [6.07, 6.45) is 0.977. The standard InChI is InChI=1S/C14H24N4O2S.2ClH/c1-10-6-18(7-11(2)20-10)8-12-9-21-14(16-12)17-13(19)4-5-15-3;;/h9-11,15H,4-8H2,1-3H3,(H,16,17,19);2*1H. The number of nitrogens with one attached hydrogen (secondary N) is 2. The van der Waals surface area contributed by atoms with Crippen molar-refractivity contribution in [1.82, 2.24) is 15.2 Å². The smallest absolute Gasteiger partial charge is 0.227 e. The van der Waals surface area contributed by atoms with Gasteiger partial charge in [-0.25, -0.2) is 4.98 Å². The van der Waals surface area contributed by atoms with Gasteiger partial charge in [0.05, 0.1) is 17.9 Å². The van der Waals surface area contributed by atoms with E-state index in [0.29, 0.717) is 18.1 Å². The molecule has 1 aromatic heterocycles. The van der Waals surface area contributed by atoms with Crippen LogP contribution in [0.1, 0.15) is 26.0 Å². The van der Waals surface area contributed by atoms with Gasteiger partial charge in [-0.3, -0.25) is 9.69 Å². The zero-order chi connectivity index (χ0) is 15.2. The fourth-order valence-electron chi connectivity index (χ4n) is 2.50. The van der Waals surface area contributed by atoms with E-state index >= 15 is 0 Å². The van der Waals surface area contributed by atoms with Crippen LogP contribution < -0.4 is 10.6 Å². The Morgan fingerprint density at radius 1 is 1.39 bits per heavy atom. The van der Waals surface area contributed by atoms with Crippen molar-refractivity contribution in [3.8, 4) is 0 Å². The minimum Gasteiger partial charge on any atom is -0.373 e. The molecule has 23 heavy (non-hydrogen) atoms. The second-order valence-electron chi connectivity index (χ2n) is 5.50. The number of aromatic nitrogens is 1. The summed E-state index contributed by atoms with van der Waals surface area (Å²) in [5, 5.41) is 8.49. The molecule has 2 N–H and O–H groups in total. The van der Waals surface area contributed by atoms with E-state index in [1.54, 1.807) is 0 Å². The van der Waals surface area contributed by atoms with Crippen LogP contribution in [0.25, 0.3) is 0 Å². The highest BCUT2D eigenvalue weighted by Crippen LogP contribution is 2.19. The van der Waals surface area contributed by atoms with E-state index in [4.69, 9.17) is 4.74 Å². The Kier molecular flexibility index (Phi) is 11.0. The van der Waals surface area contributed by atoms with Crippen LogP contribution in [0.3, 0.4) is 0 Å². The van der Waals surface area contributed by atoms with Crippen LogP contribution in [-0.4, -0.2) is 54.7 Å². The summed E-state index contributed by atoms with van der Waals surface area (Å²) in [6.45, 7) is 7.51. The lowest BCUT2D eigenvalue weighted by Gasteiger charge is -2.34. The van der Waals surface area contributed by atoms with E-state index in [1.807, 2.05) is 12.4 Å². The maximum absolute atomic E-state index is 11.6. The Labute approximate surface area is 154 Å². The number of hydrogen-bond acceptors (Lipinski definition) is 6. The van der Waals surface area contributed by atoms with E-state index in [9.17, 15) is 4.79 Å². The third-order valence-corrected chi connectivity index (χ3v) is 4.09. The van der Waals surface area contributed by atoms with Crippen molar-refractivity contribution in [2.45, 2.75) is 39.0 Å². The summed E-state index contributed by atoms with van der Waals surface area (Å²) in [7, 11) is 1.83. The van der Waals surface area contributed by atoms with Crippen molar-refractivity contribution in [2.24, 2.45) is 0 Å². The number of morpholine rings is 1. The molecular formula is C14H26Cl2N4O2S. The summed E-state index contributed by atoms with van der Waals surface area (Å²) >= 11 is 1.48. The Bertz CT molecular complexity index is 465. The summed E-state index contributed by atoms with van der Waals surface area (Å²) < 4.78 is 5.73. The molecule has 0 aliphatic carbocycles. The van der Waals surface area contributed by atoms with Gasteiger partial charge in [-0.1, -0.05) is 0 Å². The number of halogens is 2. The molecule has 2 rings (SSSR count). The Morgan fingerprint density at radius 3 is 2.65 bits per heavy atom. The summed E-state index contributed by atoms with van der Waals surface area (Å²) in [6, 6.07) is 0. The second-order valence-corrected chi connectivity index (χ2v) is 6.36. The molecule has 0 spiro atoms. The fourth-order valence-corrected chi connectivity index (χ4v) is 3.22. The molecule has 2 heterocycles. The topological polar surface area (TPSA) is 66.5 Å². The number of thiazole rings is 1. The first-order chi connectivity index (χ1) is 10.1. The number of nitrogens with zero attached hydrogens (tertiary/aromatic N) is 2. The SMILES string of the molecule is CNCCC(=O)Nc1nc(CN2CC(C)OC(C)C2)cs1.Cl.Cl. The summed E-state index contributed by atoms with van der Waals surface area (Å²) in [4.78, 5) is 18.5. The molecule has 2 atom stereocenters. The van der Waals surface area contributed by atoms with Gasteiger partial charge in [0.2, 0.25) is 5.91 Å². The maximum atomic E-state index is 11.6. The van der Waals surface area contributed by atoms with Crippen molar-refractivity contribution in [3.63, 3.8) is 0 Å². The average Bonchev–Trinajstić information content (AvgIpc) is 2.82. The van der Waals surface area contributed by atoms with Gasteiger partial charge in [0, 0.05) is 38.0 Å². The van der Waals surface area contributed by atoms with Crippen LogP contribution in [0.2, 0.25) is 0 Å². The van der Waals surface area contributed by atoms with Gasteiger partial charge in [-0.15, -0.1) is 36.2 Å². The van der Waals surface area contributed by atoms with Crippen LogP contribution >= 0.6 is 36.2 Å². The lowest BCUT2D eigenvalue weighted by atomic mass is 10.2. The van der Waals surface area contributed by atoms with Crippen molar-refractivity contribution in [3.05, 3.63) is 11.1 Å². The molecule has 2 unspecified atom stereocenters. The number of rotatable bonds is 6. The highest BCUT2D eigenvalue weighted by atomic mass is 35.5. The summed E-state index contributed by atoms with van der Waals surface area (Å²) in [5.41, 5.74) is 1.00. The molecule has 9 heteroatoms. The van der Waals surface area contributed by atoms with Gasteiger partial charge in [0.1, 0.15) is 0 Å². The van der Waals surface area contributed by atoms with Gasteiger partial charge < -0.3 is 15.4 Å². The van der Waals surface area contributed by atoms with Crippen molar-refractivity contribution in [1.29, 1.82) is 0 Å². The number of hydrogen-bond donors (Lipinski definition) is 2. The lowest BCUT2D eigenvalue weighted by Crippen LogP contribution is -2.44. The van der Waals surface area contributed by atoms with Gasteiger partial charge in [-0.05, 0) is 20.9 Å². The molecule has 134 valence electrons. The normalized spacial score (nSPS) is 21.2. The van der Waals surface area contributed by atoms with E-state index < -0.39 is 0 Å². The number of carbonyl (C=O) groups is 1. The Hall–Kier alpha value is -0.440. The van der Waals surface area contributed by atoms with Crippen molar-refractivity contribution >= 4 is 47.2 Å². The molecule has 0 saturated carbocycles. The van der Waals surface area contributed by atoms with Crippen LogP contribution in [0.4, 0.5) is 5.13 Å². The number of anilines is 1. The molecule has 1 saturated heterocycles. The van der Waals surface area contributed by atoms with E-state index in [0.717, 1.165) is 25.3 Å². The van der Waals surface area contributed by atoms with Crippen LogP contribution in [0.5, 0.6) is 0 Å². The first kappa shape index (κ1) is 22.6. The first-order valence-corrected chi connectivity index (χ1v) is 8.21. The van der Waals surface area contributed by atoms with Gasteiger partial charge in [-0.2, -0.15) is 0 Å². The number of amides is 1. The quantitative estimate of drug-likeness (QED) is 0.786. The molecule has 0 bridgehead atoms. The van der Waals surface area contributed by atoms with Gasteiger partial charge in [0.25, 0.3) is 0 Å². The zero-order valence-corrected chi connectivity index (χ0v) is 16.2. The lowest BCUT2D eigenvalue weighted by molar-refractivity contribution is -0.116. The Balaban J connectivity index is 0.00000242. The monoisotopic (exact) mass is 384 g/mol. The van der Waals surface area contributed by atoms with Crippen molar-refractivity contribution < 1.29 is 9.53 Å². The molecule has 0 radical (unpaired) electrons. The van der Waals surface area contributed by atoms with E-state index in [2.05, 4.69) is 34.4 Å². The molecule has 1 fully saturated rings. The minimum absolute atomic E-state index is 0. The largest absolute Gasteiger partial charge is 0.373 e. The molecule has 6 nitrogen and oxygen atoms in total. The molecule has 1 aliphatic rings. The van der Waals surface area contributed by atoms with Crippen LogP contribution in [0.15, 0.2) is 5.38 Å². The van der Waals surface area contributed by atoms with E-state index in [1.165, 1.54) is 11.3 Å². The third-order valence-electron chi connectivity index (χ3n) is 3.28. The molecule has 1 aromatic rings. The summed E-state index contributed by atoms with van der Waals surface area (Å²) in [5.74, 6) is -0.00105. The predicted octanol–water partition coefficient (Wildman–Crippen LogP) is 2.14. The first-order valence-electron chi connectivity index (χ1n) is 7.33. The van der Waals surface area contributed by atoms with Crippen molar-refractivity contribution in [2.75, 3.05) is 32.0 Å².